The number of carbonyl (C=O) groups is 1. The van der Waals surface area contributed by atoms with E-state index in [1.54, 1.807) is 24.0 Å². The number of nitrogens with one attached hydrogen (secondary N) is 1. The number of aliphatic hydroxyl groups is 1. The summed E-state index contributed by atoms with van der Waals surface area (Å²) >= 11 is 0. The van der Waals surface area contributed by atoms with Gasteiger partial charge in [0.25, 0.3) is 5.91 Å². The van der Waals surface area contributed by atoms with Gasteiger partial charge >= 0.3 is 0 Å². The standard InChI is InChI=1S/C12H19N3O2/c1-12(8-16)6-3-4-10(12)14-11(17)9-5-7-13-15(9)2/h5,7,10,16H,3-4,6,8H2,1-2H3,(H,14,17). The fourth-order valence-electron chi connectivity index (χ4n) is 2.50. The fourth-order valence-corrected chi connectivity index (χ4v) is 2.50. The van der Waals surface area contributed by atoms with Crippen LogP contribution in [0.5, 0.6) is 0 Å². The molecule has 2 unspecified atom stereocenters. The second-order valence-electron chi connectivity index (χ2n) is 5.07. The highest BCUT2D eigenvalue weighted by molar-refractivity contribution is 5.92. The number of aliphatic hydroxyl groups excluding tert-OH is 1. The molecule has 2 rings (SSSR count). The van der Waals surface area contributed by atoms with Crippen molar-refractivity contribution in [2.75, 3.05) is 6.61 Å². The summed E-state index contributed by atoms with van der Waals surface area (Å²) in [4.78, 5) is 12.0. The van der Waals surface area contributed by atoms with Crippen molar-refractivity contribution >= 4 is 5.91 Å². The lowest BCUT2D eigenvalue weighted by molar-refractivity contribution is 0.0822. The second-order valence-corrected chi connectivity index (χ2v) is 5.07. The van der Waals surface area contributed by atoms with E-state index in [2.05, 4.69) is 10.4 Å². The summed E-state index contributed by atoms with van der Waals surface area (Å²) in [7, 11) is 1.74. The van der Waals surface area contributed by atoms with Gasteiger partial charge in [0.15, 0.2) is 0 Å². The highest BCUT2D eigenvalue weighted by Gasteiger charge is 2.39. The number of nitrogens with zero attached hydrogens (tertiary/aromatic N) is 2. The average molecular weight is 237 g/mol. The summed E-state index contributed by atoms with van der Waals surface area (Å²) in [5.41, 5.74) is 0.367. The van der Waals surface area contributed by atoms with Crippen LogP contribution >= 0.6 is 0 Å². The summed E-state index contributed by atoms with van der Waals surface area (Å²) in [5.74, 6) is -0.114. The minimum absolute atomic E-state index is 0.0508. The van der Waals surface area contributed by atoms with Gasteiger partial charge in [-0.3, -0.25) is 9.48 Å². The van der Waals surface area contributed by atoms with Gasteiger partial charge < -0.3 is 10.4 Å². The van der Waals surface area contributed by atoms with Gasteiger partial charge in [-0.1, -0.05) is 13.3 Å². The van der Waals surface area contributed by atoms with E-state index >= 15 is 0 Å². The smallest absolute Gasteiger partial charge is 0.269 e. The Morgan fingerprint density at radius 1 is 1.76 bits per heavy atom. The minimum atomic E-state index is -0.186. The number of hydrogen-bond donors (Lipinski definition) is 2. The Morgan fingerprint density at radius 2 is 2.53 bits per heavy atom. The number of amides is 1. The molecule has 1 fully saturated rings. The number of carbonyl (C=O) groups excluding carboxylic acids is 1. The second kappa shape index (κ2) is 4.49. The molecule has 5 heteroatoms. The zero-order valence-electron chi connectivity index (χ0n) is 10.3. The van der Waals surface area contributed by atoms with Crippen molar-refractivity contribution in [2.24, 2.45) is 12.5 Å². The van der Waals surface area contributed by atoms with E-state index < -0.39 is 0 Å². The van der Waals surface area contributed by atoms with Gasteiger partial charge in [-0.2, -0.15) is 5.10 Å². The van der Waals surface area contributed by atoms with Gasteiger partial charge in [-0.25, -0.2) is 0 Å². The summed E-state index contributed by atoms with van der Waals surface area (Å²) in [5, 5.41) is 16.4. The maximum absolute atomic E-state index is 12.0. The van der Waals surface area contributed by atoms with Crippen LogP contribution in [-0.4, -0.2) is 33.4 Å². The normalized spacial score (nSPS) is 28.3. The summed E-state index contributed by atoms with van der Waals surface area (Å²) < 4.78 is 1.56. The van der Waals surface area contributed by atoms with E-state index in [1.807, 2.05) is 6.92 Å². The molecule has 2 atom stereocenters. The van der Waals surface area contributed by atoms with Crippen molar-refractivity contribution in [3.8, 4) is 0 Å². The molecule has 1 aromatic heterocycles. The van der Waals surface area contributed by atoms with Gasteiger partial charge in [-0.15, -0.1) is 0 Å². The summed E-state index contributed by atoms with van der Waals surface area (Å²) in [6.07, 6.45) is 4.54. The van der Waals surface area contributed by atoms with Crippen LogP contribution < -0.4 is 5.32 Å². The molecule has 0 radical (unpaired) electrons. The third-order valence-corrected chi connectivity index (χ3v) is 3.80. The first-order valence-corrected chi connectivity index (χ1v) is 5.96. The van der Waals surface area contributed by atoms with Crippen LogP contribution in [0.25, 0.3) is 0 Å². The third-order valence-electron chi connectivity index (χ3n) is 3.80. The van der Waals surface area contributed by atoms with E-state index in [9.17, 15) is 9.90 Å². The van der Waals surface area contributed by atoms with Gasteiger partial charge in [0.2, 0.25) is 0 Å². The number of rotatable bonds is 3. The molecule has 0 spiro atoms. The monoisotopic (exact) mass is 237 g/mol. The molecule has 1 aromatic rings. The SMILES string of the molecule is Cn1nccc1C(=O)NC1CCCC1(C)CO. The molecule has 1 amide bonds. The topological polar surface area (TPSA) is 67.2 Å². The van der Waals surface area contributed by atoms with E-state index in [0.717, 1.165) is 19.3 Å². The first kappa shape index (κ1) is 12.1. The van der Waals surface area contributed by atoms with Crippen molar-refractivity contribution in [1.82, 2.24) is 15.1 Å². The Morgan fingerprint density at radius 3 is 3.12 bits per heavy atom. The van der Waals surface area contributed by atoms with Crippen LogP contribution in [0, 0.1) is 5.41 Å². The molecule has 17 heavy (non-hydrogen) atoms. The van der Waals surface area contributed by atoms with Crippen molar-refractivity contribution in [3.63, 3.8) is 0 Å². The highest BCUT2D eigenvalue weighted by Crippen LogP contribution is 2.37. The summed E-state index contributed by atoms with van der Waals surface area (Å²) in [6.45, 7) is 2.14. The minimum Gasteiger partial charge on any atom is -0.396 e. The number of hydrogen-bond acceptors (Lipinski definition) is 3. The Balaban J connectivity index is 2.07. The molecule has 0 aliphatic heterocycles. The molecule has 0 saturated heterocycles. The van der Waals surface area contributed by atoms with Crippen LogP contribution in [0.15, 0.2) is 12.3 Å². The quantitative estimate of drug-likeness (QED) is 0.813. The maximum Gasteiger partial charge on any atom is 0.269 e. The van der Waals surface area contributed by atoms with Gasteiger partial charge in [0.1, 0.15) is 5.69 Å². The molecule has 5 nitrogen and oxygen atoms in total. The first-order chi connectivity index (χ1) is 8.07. The molecule has 0 bridgehead atoms. The predicted octanol–water partition coefficient (Wildman–Crippen LogP) is 0.701. The molecule has 1 aliphatic carbocycles. The van der Waals surface area contributed by atoms with Crippen molar-refractivity contribution < 1.29 is 9.90 Å². The van der Waals surface area contributed by atoms with Crippen LogP contribution in [0.2, 0.25) is 0 Å². The lowest BCUT2D eigenvalue weighted by Crippen LogP contribution is -2.45. The van der Waals surface area contributed by atoms with Crippen molar-refractivity contribution in [2.45, 2.75) is 32.2 Å². The number of aryl methyl sites for hydroxylation is 1. The largest absolute Gasteiger partial charge is 0.396 e. The Bertz CT molecular complexity index is 416. The van der Waals surface area contributed by atoms with E-state index in [0.29, 0.717) is 5.69 Å². The van der Waals surface area contributed by atoms with Gasteiger partial charge in [-0.05, 0) is 18.9 Å². The van der Waals surface area contributed by atoms with Crippen LogP contribution in [0.1, 0.15) is 36.7 Å². The molecular formula is C12H19N3O2. The van der Waals surface area contributed by atoms with Crippen LogP contribution in [-0.2, 0) is 7.05 Å². The van der Waals surface area contributed by atoms with Gasteiger partial charge in [0, 0.05) is 24.7 Å². The van der Waals surface area contributed by atoms with Crippen LogP contribution in [0.3, 0.4) is 0 Å². The van der Waals surface area contributed by atoms with Crippen molar-refractivity contribution in [3.05, 3.63) is 18.0 Å². The molecule has 1 aliphatic rings. The van der Waals surface area contributed by atoms with Crippen molar-refractivity contribution in [1.29, 1.82) is 0 Å². The molecule has 94 valence electrons. The van der Waals surface area contributed by atoms with Crippen LogP contribution in [0.4, 0.5) is 0 Å². The zero-order chi connectivity index (χ0) is 12.5. The molecule has 1 heterocycles. The van der Waals surface area contributed by atoms with E-state index in [-0.39, 0.29) is 24.0 Å². The van der Waals surface area contributed by atoms with E-state index in [4.69, 9.17) is 0 Å². The molecular weight excluding hydrogens is 218 g/mol. The lowest BCUT2D eigenvalue weighted by Gasteiger charge is -2.30. The lowest BCUT2D eigenvalue weighted by atomic mass is 9.86. The molecule has 0 aromatic carbocycles. The zero-order valence-corrected chi connectivity index (χ0v) is 10.3. The fraction of sp³-hybridized carbons (Fsp3) is 0.667. The van der Waals surface area contributed by atoms with E-state index in [1.165, 1.54) is 0 Å². The van der Waals surface area contributed by atoms with Gasteiger partial charge in [0.05, 0.1) is 6.61 Å². The number of aromatic nitrogens is 2. The Kier molecular flexibility index (Phi) is 3.19. The maximum atomic E-state index is 12.0. The predicted molar refractivity (Wildman–Crippen MR) is 63.5 cm³/mol. The highest BCUT2D eigenvalue weighted by atomic mass is 16.3. The average Bonchev–Trinajstić information content (AvgIpc) is 2.87. The first-order valence-electron chi connectivity index (χ1n) is 5.96. The third kappa shape index (κ3) is 2.20. The Labute approximate surface area is 101 Å². The Hall–Kier alpha value is -1.36. The molecule has 2 N–H and O–H groups in total. The summed E-state index contributed by atoms with van der Waals surface area (Å²) in [6, 6.07) is 1.75. The molecule has 1 saturated carbocycles.